The van der Waals surface area contributed by atoms with Crippen molar-refractivity contribution in [3.8, 4) is 0 Å². The molecule has 1 aromatic rings. The smallest absolute Gasteiger partial charge is 0.306 e. The first kappa shape index (κ1) is 21.3. The van der Waals surface area contributed by atoms with Gasteiger partial charge in [-0.15, -0.1) is 0 Å². The third kappa shape index (κ3) is 5.50. The van der Waals surface area contributed by atoms with E-state index in [-0.39, 0.29) is 11.3 Å². The van der Waals surface area contributed by atoms with Crippen LogP contribution in [0.25, 0.3) is 0 Å². The molecule has 1 unspecified atom stereocenters. The van der Waals surface area contributed by atoms with E-state index >= 15 is 0 Å². The van der Waals surface area contributed by atoms with Gasteiger partial charge in [-0.3, -0.25) is 9.59 Å². The number of sulfonamides is 1. The summed E-state index contributed by atoms with van der Waals surface area (Å²) in [5, 5.41) is 2.61. The van der Waals surface area contributed by atoms with Crippen LogP contribution in [0.3, 0.4) is 0 Å². The summed E-state index contributed by atoms with van der Waals surface area (Å²) in [5.74, 6) is -0.960. The van der Waals surface area contributed by atoms with E-state index in [1.54, 1.807) is 19.1 Å². The highest BCUT2D eigenvalue weighted by atomic mass is 32.2. The summed E-state index contributed by atoms with van der Waals surface area (Å²) in [6, 6.07) is 4.68. The Morgan fingerprint density at radius 2 is 1.96 bits per heavy atom. The summed E-state index contributed by atoms with van der Waals surface area (Å²) >= 11 is 0. The fourth-order valence-electron chi connectivity index (χ4n) is 2.64. The molecule has 1 aliphatic rings. The van der Waals surface area contributed by atoms with Gasteiger partial charge in [-0.05, 0) is 38.0 Å². The zero-order valence-corrected chi connectivity index (χ0v) is 16.7. The maximum atomic E-state index is 12.9. The van der Waals surface area contributed by atoms with Crippen LogP contribution in [0.4, 0.5) is 5.69 Å². The molecule has 0 aliphatic carbocycles. The molecule has 1 amide bonds. The minimum atomic E-state index is -3.68. The number of hydrogen-bond acceptors (Lipinski definition) is 6. The van der Waals surface area contributed by atoms with Crippen molar-refractivity contribution >= 4 is 27.6 Å². The van der Waals surface area contributed by atoms with E-state index in [2.05, 4.69) is 5.32 Å². The van der Waals surface area contributed by atoms with Crippen LogP contribution in [-0.4, -0.2) is 57.0 Å². The van der Waals surface area contributed by atoms with E-state index in [1.165, 1.54) is 17.3 Å². The zero-order valence-electron chi connectivity index (χ0n) is 15.9. The Labute approximate surface area is 159 Å². The summed E-state index contributed by atoms with van der Waals surface area (Å²) in [6.07, 6.45) is -0.0949. The molecule has 0 aromatic heterocycles. The Kier molecular flexibility index (Phi) is 7.34. The lowest BCUT2D eigenvalue weighted by Gasteiger charge is -2.27. The van der Waals surface area contributed by atoms with Crippen molar-refractivity contribution in [2.75, 3.05) is 31.6 Å². The van der Waals surface area contributed by atoms with E-state index in [0.717, 1.165) is 0 Å². The fourth-order valence-corrected chi connectivity index (χ4v) is 4.30. The van der Waals surface area contributed by atoms with Gasteiger partial charge in [0.2, 0.25) is 10.0 Å². The van der Waals surface area contributed by atoms with E-state index in [0.29, 0.717) is 44.0 Å². The number of morpholine rings is 1. The quantitative estimate of drug-likeness (QED) is 0.701. The maximum Gasteiger partial charge on any atom is 0.306 e. The number of amides is 1. The summed E-state index contributed by atoms with van der Waals surface area (Å²) in [6.45, 7) is 6.32. The number of hydrogen-bond donors (Lipinski definition) is 1. The molecule has 9 heteroatoms. The van der Waals surface area contributed by atoms with Crippen LogP contribution in [0.15, 0.2) is 23.1 Å². The molecule has 0 saturated carbocycles. The number of aryl methyl sites for hydroxylation is 1. The van der Waals surface area contributed by atoms with Gasteiger partial charge in [0.1, 0.15) is 0 Å². The van der Waals surface area contributed by atoms with Gasteiger partial charge in [0.25, 0.3) is 5.91 Å². The van der Waals surface area contributed by atoms with Gasteiger partial charge in [-0.1, -0.05) is 13.0 Å². The molecular formula is C18H26N2O6S. The molecule has 1 aliphatic heterocycles. The molecule has 0 bridgehead atoms. The SMILES string of the molecule is CCCC(=O)OC(C)C(=O)Nc1ccc(C)c(S(=O)(=O)N2CCOCC2)c1. The number of carbonyl (C=O) groups is 2. The van der Waals surface area contributed by atoms with Crippen molar-refractivity contribution in [3.63, 3.8) is 0 Å². The van der Waals surface area contributed by atoms with Crippen molar-refractivity contribution in [1.29, 1.82) is 0 Å². The minimum absolute atomic E-state index is 0.137. The second-order valence-corrected chi connectivity index (χ2v) is 8.27. The third-order valence-electron chi connectivity index (χ3n) is 4.18. The monoisotopic (exact) mass is 398 g/mol. The van der Waals surface area contributed by atoms with Crippen molar-refractivity contribution in [2.24, 2.45) is 0 Å². The first-order valence-corrected chi connectivity index (χ1v) is 10.4. The molecular weight excluding hydrogens is 372 g/mol. The van der Waals surface area contributed by atoms with Gasteiger partial charge in [-0.25, -0.2) is 8.42 Å². The number of esters is 1. The van der Waals surface area contributed by atoms with Crippen LogP contribution in [0.2, 0.25) is 0 Å². The molecule has 0 radical (unpaired) electrons. The molecule has 2 rings (SSSR count). The largest absolute Gasteiger partial charge is 0.453 e. The Morgan fingerprint density at radius 1 is 1.30 bits per heavy atom. The highest BCUT2D eigenvalue weighted by Gasteiger charge is 2.28. The van der Waals surface area contributed by atoms with Gasteiger partial charge >= 0.3 is 5.97 Å². The van der Waals surface area contributed by atoms with Crippen LogP contribution in [0, 0.1) is 6.92 Å². The number of rotatable bonds is 7. The molecule has 1 N–H and O–H groups in total. The second kappa shape index (κ2) is 9.29. The van der Waals surface area contributed by atoms with Gasteiger partial charge in [0, 0.05) is 25.2 Å². The molecule has 1 heterocycles. The van der Waals surface area contributed by atoms with Gasteiger partial charge in [0.15, 0.2) is 6.10 Å². The van der Waals surface area contributed by atoms with Gasteiger partial charge in [-0.2, -0.15) is 4.31 Å². The van der Waals surface area contributed by atoms with E-state index in [9.17, 15) is 18.0 Å². The van der Waals surface area contributed by atoms with Gasteiger partial charge < -0.3 is 14.8 Å². The molecule has 8 nitrogen and oxygen atoms in total. The van der Waals surface area contributed by atoms with Crippen molar-refractivity contribution < 1.29 is 27.5 Å². The number of ether oxygens (including phenoxy) is 2. The van der Waals surface area contributed by atoms with Crippen LogP contribution < -0.4 is 5.32 Å². The molecule has 1 fully saturated rings. The normalized spacial score (nSPS) is 16.6. The first-order chi connectivity index (χ1) is 12.8. The summed E-state index contributed by atoms with van der Waals surface area (Å²) in [7, 11) is -3.68. The van der Waals surface area contributed by atoms with Gasteiger partial charge in [0.05, 0.1) is 18.1 Å². The Morgan fingerprint density at radius 3 is 2.59 bits per heavy atom. The molecule has 150 valence electrons. The predicted octanol–water partition coefficient (Wildman–Crippen LogP) is 1.69. The number of carbonyl (C=O) groups excluding carboxylic acids is 2. The topological polar surface area (TPSA) is 102 Å². The Hall–Kier alpha value is -1.97. The molecule has 1 atom stereocenters. The van der Waals surface area contributed by atoms with Crippen LogP contribution in [0.5, 0.6) is 0 Å². The van der Waals surface area contributed by atoms with Crippen molar-refractivity contribution in [1.82, 2.24) is 4.31 Å². The average Bonchev–Trinajstić information content (AvgIpc) is 2.64. The predicted molar refractivity (Wildman–Crippen MR) is 99.8 cm³/mol. The zero-order chi connectivity index (χ0) is 20.0. The Balaban J connectivity index is 2.14. The third-order valence-corrected chi connectivity index (χ3v) is 6.22. The van der Waals surface area contributed by atoms with E-state index in [4.69, 9.17) is 9.47 Å². The standard InChI is InChI=1S/C18H26N2O6S/c1-4-5-17(21)26-14(3)18(22)19-15-7-6-13(2)16(12-15)27(23,24)20-8-10-25-11-9-20/h6-7,12,14H,4-5,8-11H2,1-3H3,(H,19,22). The lowest BCUT2D eigenvalue weighted by Crippen LogP contribution is -2.40. The van der Waals surface area contributed by atoms with E-state index in [1.807, 2.05) is 6.92 Å². The van der Waals surface area contributed by atoms with Crippen molar-refractivity contribution in [3.05, 3.63) is 23.8 Å². The second-order valence-electron chi connectivity index (χ2n) is 6.37. The molecule has 27 heavy (non-hydrogen) atoms. The average molecular weight is 398 g/mol. The Bertz CT molecular complexity index is 787. The fraction of sp³-hybridized carbons (Fsp3) is 0.556. The number of nitrogens with zero attached hydrogens (tertiary/aromatic N) is 1. The molecule has 0 spiro atoms. The van der Waals surface area contributed by atoms with Crippen LogP contribution in [-0.2, 0) is 29.1 Å². The highest BCUT2D eigenvalue weighted by molar-refractivity contribution is 7.89. The molecule has 1 saturated heterocycles. The lowest BCUT2D eigenvalue weighted by atomic mass is 10.2. The summed E-state index contributed by atoms with van der Waals surface area (Å²) < 4.78 is 37.4. The number of anilines is 1. The highest BCUT2D eigenvalue weighted by Crippen LogP contribution is 2.24. The number of benzene rings is 1. The van der Waals surface area contributed by atoms with Crippen LogP contribution >= 0.6 is 0 Å². The first-order valence-electron chi connectivity index (χ1n) is 8.94. The summed E-state index contributed by atoms with van der Waals surface area (Å²) in [4.78, 5) is 23.9. The molecule has 1 aromatic carbocycles. The lowest BCUT2D eigenvalue weighted by molar-refractivity contribution is -0.153. The minimum Gasteiger partial charge on any atom is -0.453 e. The van der Waals surface area contributed by atoms with E-state index < -0.39 is 28.0 Å². The van der Waals surface area contributed by atoms with Crippen LogP contribution in [0.1, 0.15) is 32.3 Å². The number of nitrogens with one attached hydrogen (secondary N) is 1. The maximum absolute atomic E-state index is 12.9. The summed E-state index contributed by atoms with van der Waals surface area (Å²) in [5.41, 5.74) is 0.915. The van der Waals surface area contributed by atoms with Crippen molar-refractivity contribution in [2.45, 2.75) is 44.6 Å².